The number of nitrogens with one attached hydrogen (secondary N) is 2. The third-order valence-electron chi connectivity index (χ3n) is 9.06. The fourth-order valence-corrected chi connectivity index (χ4v) is 7.03. The van der Waals surface area contributed by atoms with E-state index in [0.717, 1.165) is 65.4 Å². The summed E-state index contributed by atoms with van der Waals surface area (Å²) < 4.78 is 5.94. The monoisotopic (exact) mass is 607 g/mol. The number of benzene rings is 3. The van der Waals surface area contributed by atoms with Crippen LogP contribution in [0.2, 0.25) is 0 Å². The van der Waals surface area contributed by atoms with Gasteiger partial charge < -0.3 is 20.1 Å². The van der Waals surface area contributed by atoms with Crippen molar-refractivity contribution in [2.75, 3.05) is 0 Å². The highest BCUT2D eigenvalue weighted by Crippen LogP contribution is 2.46. The molecule has 6 rings (SSSR count). The lowest BCUT2D eigenvalue weighted by Crippen LogP contribution is -2.57. The topological polar surface area (TPSA) is 112 Å². The van der Waals surface area contributed by atoms with E-state index in [2.05, 4.69) is 10.3 Å². The molecule has 3 atom stereocenters. The van der Waals surface area contributed by atoms with Crippen molar-refractivity contribution in [1.82, 2.24) is 15.2 Å². The number of amides is 2. The Morgan fingerprint density at radius 3 is 2.20 bits per heavy atom. The van der Waals surface area contributed by atoms with Crippen LogP contribution in [0.25, 0.3) is 22.0 Å². The van der Waals surface area contributed by atoms with Gasteiger partial charge in [0.1, 0.15) is 11.6 Å². The molecule has 3 N–H and O–H groups in total. The van der Waals surface area contributed by atoms with Crippen molar-refractivity contribution in [3.63, 3.8) is 0 Å². The maximum atomic E-state index is 14.3. The molecular formula is C37H41N3O5. The van der Waals surface area contributed by atoms with E-state index in [4.69, 9.17) is 4.74 Å². The lowest BCUT2D eigenvalue weighted by Gasteiger charge is -2.45. The van der Waals surface area contributed by atoms with Crippen LogP contribution in [0.4, 0.5) is 4.79 Å². The number of nitrogens with zero attached hydrogens (tertiary/aromatic N) is 1. The van der Waals surface area contributed by atoms with Crippen LogP contribution in [0, 0.1) is 5.92 Å². The van der Waals surface area contributed by atoms with Gasteiger partial charge in [-0.2, -0.15) is 0 Å². The number of aromatic amines is 1. The molecule has 0 radical (unpaired) electrons. The van der Waals surface area contributed by atoms with Crippen LogP contribution in [0.3, 0.4) is 0 Å². The quantitative estimate of drug-likeness (QED) is 0.209. The van der Waals surface area contributed by atoms with Crippen molar-refractivity contribution in [2.45, 2.75) is 83.0 Å². The van der Waals surface area contributed by atoms with E-state index in [1.807, 2.05) is 87.5 Å². The average Bonchev–Trinajstić information content (AvgIpc) is 3.41. The second kappa shape index (κ2) is 12.4. The summed E-state index contributed by atoms with van der Waals surface area (Å²) in [7, 11) is 0. The molecule has 2 amide bonds. The van der Waals surface area contributed by atoms with E-state index in [-0.39, 0.29) is 12.3 Å². The Hall–Kier alpha value is -4.59. The van der Waals surface area contributed by atoms with Gasteiger partial charge >= 0.3 is 12.1 Å². The molecule has 2 heterocycles. The van der Waals surface area contributed by atoms with E-state index in [1.54, 1.807) is 17.0 Å². The Kier molecular flexibility index (Phi) is 8.40. The molecule has 8 nitrogen and oxygen atoms in total. The summed E-state index contributed by atoms with van der Waals surface area (Å²) in [4.78, 5) is 46.2. The minimum atomic E-state index is -1.29. The van der Waals surface area contributed by atoms with Gasteiger partial charge in [-0.05, 0) is 67.9 Å². The van der Waals surface area contributed by atoms with Crippen molar-refractivity contribution < 1.29 is 24.2 Å². The van der Waals surface area contributed by atoms with Gasteiger partial charge in [-0.3, -0.25) is 9.69 Å². The predicted octanol–water partition coefficient (Wildman–Crippen LogP) is 7.56. The first kappa shape index (κ1) is 30.4. The molecule has 45 heavy (non-hydrogen) atoms. The molecule has 8 heteroatoms. The standard InChI is InChI=1S/C37H41N3O5/c1-37(2,3)45-36(44)40-30(22-28-27-16-10-11-17-29(27)38-32(28)33(40)26-14-8-5-9-15-26)34(41)39-31(35(42)43)25-20-18-24(19-21-25)23-12-6-4-7-13-23/h4,6-7,10-13,16-21,26,30-31,33,38H,5,8-9,14-15,22H2,1-3H3,(H,39,41)(H,42,43)/t30-,31?,33+/m1/s1. The Bertz CT molecular complexity index is 1680. The van der Waals surface area contributed by atoms with E-state index in [1.165, 1.54) is 0 Å². The van der Waals surface area contributed by atoms with Crippen molar-refractivity contribution in [2.24, 2.45) is 5.92 Å². The molecule has 1 unspecified atom stereocenters. The smallest absolute Gasteiger partial charge is 0.411 e. The van der Waals surface area contributed by atoms with Gasteiger partial charge in [0, 0.05) is 23.0 Å². The van der Waals surface area contributed by atoms with Crippen LogP contribution in [-0.2, 0) is 20.7 Å². The van der Waals surface area contributed by atoms with Crippen molar-refractivity contribution in [3.8, 4) is 11.1 Å². The Labute approximate surface area is 263 Å². The third-order valence-corrected chi connectivity index (χ3v) is 9.06. The molecule has 3 aromatic carbocycles. The highest BCUT2D eigenvalue weighted by molar-refractivity contribution is 5.93. The van der Waals surface area contributed by atoms with Crippen molar-refractivity contribution in [3.05, 3.63) is 95.7 Å². The molecule has 2 aliphatic rings. The number of carboxylic acid groups (broad SMARTS) is 1. The fraction of sp³-hybridized carbons (Fsp3) is 0.378. The predicted molar refractivity (Wildman–Crippen MR) is 174 cm³/mol. The molecule has 4 aromatic rings. The number of para-hydroxylation sites is 1. The highest BCUT2D eigenvalue weighted by atomic mass is 16.6. The number of carbonyl (C=O) groups excluding carboxylic acids is 2. The van der Waals surface area contributed by atoms with Gasteiger partial charge in [0.05, 0.1) is 6.04 Å². The summed E-state index contributed by atoms with van der Waals surface area (Å²) in [6, 6.07) is 22.3. The largest absolute Gasteiger partial charge is 0.479 e. The van der Waals surface area contributed by atoms with E-state index < -0.39 is 41.7 Å². The third kappa shape index (κ3) is 6.32. The first-order chi connectivity index (χ1) is 21.6. The molecule has 1 saturated carbocycles. The molecule has 0 bridgehead atoms. The Morgan fingerprint density at radius 1 is 0.889 bits per heavy atom. The summed E-state index contributed by atoms with van der Waals surface area (Å²) in [5, 5.41) is 14.1. The summed E-state index contributed by atoms with van der Waals surface area (Å²) in [5.74, 6) is -1.56. The van der Waals surface area contributed by atoms with Crippen LogP contribution < -0.4 is 5.32 Å². The number of ether oxygens (including phenoxy) is 1. The second-order valence-corrected chi connectivity index (χ2v) is 13.3. The summed E-state index contributed by atoms with van der Waals surface area (Å²) in [6.45, 7) is 5.44. The molecule has 0 spiro atoms. The number of hydrogen-bond acceptors (Lipinski definition) is 4. The molecule has 0 saturated heterocycles. The van der Waals surface area contributed by atoms with Gasteiger partial charge in [0.15, 0.2) is 6.04 Å². The van der Waals surface area contributed by atoms with Crippen LogP contribution in [-0.4, -0.2) is 44.6 Å². The number of hydrogen-bond donors (Lipinski definition) is 3. The first-order valence-electron chi connectivity index (χ1n) is 15.9. The number of H-pyrrole nitrogens is 1. The van der Waals surface area contributed by atoms with E-state index >= 15 is 0 Å². The zero-order valence-corrected chi connectivity index (χ0v) is 26.1. The number of carbonyl (C=O) groups is 3. The summed E-state index contributed by atoms with van der Waals surface area (Å²) in [5.41, 5.74) is 4.53. The minimum Gasteiger partial charge on any atom is -0.479 e. The Balaban J connectivity index is 1.38. The zero-order chi connectivity index (χ0) is 31.7. The van der Waals surface area contributed by atoms with Gasteiger partial charge in [-0.25, -0.2) is 9.59 Å². The number of fused-ring (bicyclic) bond motifs is 3. The molecule has 1 fully saturated rings. The number of aliphatic carboxylic acids is 1. The zero-order valence-electron chi connectivity index (χ0n) is 26.1. The highest BCUT2D eigenvalue weighted by Gasteiger charge is 2.48. The molecule has 1 aliphatic heterocycles. The second-order valence-electron chi connectivity index (χ2n) is 13.3. The first-order valence-corrected chi connectivity index (χ1v) is 15.9. The van der Waals surface area contributed by atoms with Crippen LogP contribution in [0.5, 0.6) is 0 Å². The fourth-order valence-electron chi connectivity index (χ4n) is 7.03. The maximum absolute atomic E-state index is 14.3. The normalized spacial score (nSPS) is 19.5. The van der Waals surface area contributed by atoms with Gasteiger partial charge in [0.2, 0.25) is 5.91 Å². The summed E-state index contributed by atoms with van der Waals surface area (Å²) in [6.07, 6.45) is 4.78. The number of aromatic nitrogens is 1. The average molecular weight is 608 g/mol. The molecule has 234 valence electrons. The summed E-state index contributed by atoms with van der Waals surface area (Å²) >= 11 is 0. The molecule has 1 aliphatic carbocycles. The van der Waals surface area contributed by atoms with Crippen molar-refractivity contribution in [1.29, 1.82) is 0 Å². The minimum absolute atomic E-state index is 0.134. The Morgan fingerprint density at radius 2 is 1.53 bits per heavy atom. The molecular weight excluding hydrogens is 566 g/mol. The number of carboxylic acids is 1. The van der Waals surface area contributed by atoms with Gasteiger partial charge in [-0.1, -0.05) is 92.1 Å². The van der Waals surface area contributed by atoms with Crippen LogP contribution in [0.15, 0.2) is 78.9 Å². The lowest BCUT2D eigenvalue weighted by molar-refractivity contribution is -0.143. The van der Waals surface area contributed by atoms with Gasteiger partial charge in [0.25, 0.3) is 0 Å². The maximum Gasteiger partial charge on any atom is 0.411 e. The van der Waals surface area contributed by atoms with E-state index in [9.17, 15) is 19.5 Å². The van der Waals surface area contributed by atoms with Crippen LogP contribution >= 0.6 is 0 Å². The lowest BCUT2D eigenvalue weighted by atomic mass is 9.78. The van der Waals surface area contributed by atoms with Crippen molar-refractivity contribution >= 4 is 28.9 Å². The molecule has 1 aromatic heterocycles. The van der Waals surface area contributed by atoms with Gasteiger partial charge in [-0.15, -0.1) is 0 Å². The van der Waals surface area contributed by atoms with Crippen LogP contribution in [0.1, 0.15) is 81.8 Å². The number of rotatable bonds is 6. The SMILES string of the molecule is CC(C)(C)OC(=O)N1[C@@H](C(=O)NC(C(=O)O)c2ccc(-c3ccccc3)cc2)Cc2c([nH]c3ccccc23)[C@@H]1C1CCCCC1. The van der Waals surface area contributed by atoms with E-state index in [0.29, 0.717) is 5.56 Å².